The zero-order valence-electron chi connectivity index (χ0n) is 18.5. The van der Waals surface area contributed by atoms with Crippen LogP contribution < -0.4 is 4.74 Å². The van der Waals surface area contributed by atoms with Gasteiger partial charge in [-0.2, -0.15) is 0 Å². The number of carbonyl (C=O) groups is 1. The molecule has 1 N–H and O–H groups in total. The Balaban J connectivity index is 1.64. The Morgan fingerprint density at radius 1 is 1.19 bits per heavy atom. The lowest BCUT2D eigenvalue weighted by molar-refractivity contribution is -0.142. The molecule has 1 unspecified atom stereocenters. The minimum absolute atomic E-state index is 0.00168. The van der Waals surface area contributed by atoms with Gasteiger partial charge in [-0.3, -0.25) is 0 Å². The van der Waals surface area contributed by atoms with E-state index < -0.39 is 12.1 Å². The first-order chi connectivity index (χ1) is 14.7. The van der Waals surface area contributed by atoms with Crippen molar-refractivity contribution < 1.29 is 23.8 Å². The number of aliphatic hydroxyl groups excluding tert-OH is 1. The van der Waals surface area contributed by atoms with Gasteiger partial charge in [0, 0.05) is 11.1 Å². The number of benzene rings is 2. The maximum Gasteiger partial charge on any atom is 0.333 e. The molecule has 0 aliphatic heterocycles. The summed E-state index contributed by atoms with van der Waals surface area (Å²) in [6.45, 7) is 11.5. The second-order valence-corrected chi connectivity index (χ2v) is 8.31. The Hall–Kier alpha value is -3.12. The zero-order valence-corrected chi connectivity index (χ0v) is 18.5. The molecule has 164 valence electrons. The average molecular weight is 424 g/mol. The number of aromatic nitrogens is 1. The number of hydrogen-bond acceptors (Lipinski definition) is 6. The lowest BCUT2D eigenvalue weighted by Crippen LogP contribution is -2.25. The molecule has 1 aromatic heterocycles. The molecular formula is C25H29NO5. The second kappa shape index (κ2) is 9.35. The number of fused-ring (bicyclic) bond motifs is 1. The highest BCUT2D eigenvalue weighted by Crippen LogP contribution is 2.31. The third kappa shape index (κ3) is 5.52. The van der Waals surface area contributed by atoms with Crippen LogP contribution in [0.2, 0.25) is 0 Å². The van der Waals surface area contributed by atoms with Crippen LogP contribution in [0, 0.1) is 0 Å². The summed E-state index contributed by atoms with van der Waals surface area (Å²) in [5.41, 5.74) is 4.02. The van der Waals surface area contributed by atoms with Crippen molar-refractivity contribution in [3.05, 3.63) is 60.2 Å². The molecule has 0 aliphatic carbocycles. The SMILES string of the molecule is C=C(C)C(=O)OCC(O)COc1ccc(-c2nc3cc(C(C)(C)CC)ccc3o2)cc1. The van der Waals surface area contributed by atoms with Crippen molar-refractivity contribution in [1.29, 1.82) is 0 Å². The topological polar surface area (TPSA) is 81.8 Å². The summed E-state index contributed by atoms with van der Waals surface area (Å²) in [4.78, 5) is 16.0. The van der Waals surface area contributed by atoms with Crippen molar-refractivity contribution in [2.75, 3.05) is 13.2 Å². The van der Waals surface area contributed by atoms with E-state index in [0.717, 1.165) is 23.1 Å². The van der Waals surface area contributed by atoms with Crippen LogP contribution in [-0.2, 0) is 14.9 Å². The molecular weight excluding hydrogens is 394 g/mol. The first kappa shape index (κ1) is 22.6. The van der Waals surface area contributed by atoms with Crippen LogP contribution in [0.1, 0.15) is 39.7 Å². The van der Waals surface area contributed by atoms with Crippen molar-refractivity contribution >= 4 is 17.1 Å². The molecule has 0 spiro atoms. The Morgan fingerprint density at radius 3 is 2.55 bits per heavy atom. The molecule has 3 rings (SSSR count). The van der Waals surface area contributed by atoms with Crippen LogP contribution in [0.3, 0.4) is 0 Å². The van der Waals surface area contributed by atoms with E-state index in [-0.39, 0.29) is 24.2 Å². The summed E-state index contributed by atoms with van der Waals surface area (Å²) in [6, 6.07) is 13.4. The molecule has 1 atom stereocenters. The predicted octanol–water partition coefficient (Wildman–Crippen LogP) is 5.04. The first-order valence-electron chi connectivity index (χ1n) is 10.3. The summed E-state index contributed by atoms with van der Waals surface area (Å²) >= 11 is 0. The van der Waals surface area contributed by atoms with Crippen LogP contribution in [0.25, 0.3) is 22.6 Å². The monoisotopic (exact) mass is 423 g/mol. The Morgan fingerprint density at radius 2 is 1.90 bits per heavy atom. The molecule has 0 amide bonds. The third-order valence-corrected chi connectivity index (χ3v) is 5.35. The standard InChI is InChI=1S/C25H29NO5/c1-6-25(4,5)18-9-12-22-21(13-18)26-23(31-22)17-7-10-20(11-8-17)29-14-19(27)15-30-24(28)16(2)3/h7-13,19,27H,2,6,14-15H2,1,3-5H3. The summed E-state index contributed by atoms with van der Waals surface area (Å²) in [7, 11) is 0. The smallest absolute Gasteiger partial charge is 0.333 e. The number of oxazole rings is 1. The fourth-order valence-electron chi connectivity index (χ4n) is 2.91. The number of carbonyl (C=O) groups excluding carboxylic acids is 1. The van der Waals surface area contributed by atoms with Gasteiger partial charge in [0.15, 0.2) is 5.58 Å². The summed E-state index contributed by atoms with van der Waals surface area (Å²) in [6.07, 6.45) is 0.108. The molecule has 2 aromatic carbocycles. The van der Waals surface area contributed by atoms with Gasteiger partial charge in [-0.1, -0.05) is 33.4 Å². The van der Waals surface area contributed by atoms with Gasteiger partial charge in [0.05, 0.1) is 0 Å². The van der Waals surface area contributed by atoms with Crippen molar-refractivity contribution in [1.82, 2.24) is 4.98 Å². The number of rotatable bonds is 9. The van der Waals surface area contributed by atoms with Crippen LogP contribution in [0.4, 0.5) is 0 Å². The molecule has 1 heterocycles. The maximum atomic E-state index is 11.4. The quantitative estimate of drug-likeness (QED) is 0.383. The minimum Gasteiger partial charge on any atom is -0.491 e. The Bertz CT molecular complexity index is 1070. The molecule has 0 saturated heterocycles. The van der Waals surface area contributed by atoms with E-state index in [1.807, 2.05) is 18.2 Å². The summed E-state index contributed by atoms with van der Waals surface area (Å²) in [5, 5.41) is 9.89. The van der Waals surface area contributed by atoms with E-state index in [1.54, 1.807) is 19.1 Å². The number of hydrogen-bond donors (Lipinski definition) is 1. The highest BCUT2D eigenvalue weighted by molar-refractivity contribution is 5.86. The normalized spacial score (nSPS) is 12.5. The van der Waals surface area contributed by atoms with Crippen LogP contribution in [0.5, 0.6) is 5.75 Å². The summed E-state index contributed by atoms with van der Waals surface area (Å²) in [5.74, 6) is 0.587. The molecule has 6 heteroatoms. The summed E-state index contributed by atoms with van der Waals surface area (Å²) < 4.78 is 16.4. The highest BCUT2D eigenvalue weighted by Gasteiger charge is 2.19. The van der Waals surface area contributed by atoms with Crippen molar-refractivity contribution in [2.45, 2.75) is 45.6 Å². The minimum atomic E-state index is -0.929. The number of esters is 1. The Labute approximate surface area is 182 Å². The van der Waals surface area contributed by atoms with E-state index >= 15 is 0 Å². The lowest BCUT2D eigenvalue weighted by Gasteiger charge is -2.22. The van der Waals surface area contributed by atoms with Crippen molar-refractivity contribution in [3.63, 3.8) is 0 Å². The van der Waals surface area contributed by atoms with E-state index in [0.29, 0.717) is 11.6 Å². The lowest BCUT2D eigenvalue weighted by atomic mass is 9.82. The molecule has 0 saturated carbocycles. The van der Waals surface area contributed by atoms with Gasteiger partial charge < -0.3 is 19.0 Å². The van der Waals surface area contributed by atoms with E-state index in [1.165, 1.54) is 5.56 Å². The third-order valence-electron chi connectivity index (χ3n) is 5.35. The zero-order chi connectivity index (χ0) is 22.6. The van der Waals surface area contributed by atoms with Crippen LogP contribution in [-0.4, -0.2) is 35.4 Å². The van der Waals surface area contributed by atoms with Crippen LogP contribution in [0.15, 0.2) is 59.0 Å². The van der Waals surface area contributed by atoms with Gasteiger partial charge in [-0.25, -0.2) is 9.78 Å². The fourth-order valence-corrected chi connectivity index (χ4v) is 2.91. The van der Waals surface area contributed by atoms with Crippen molar-refractivity contribution in [2.24, 2.45) is 0 Å². The molecule has 0 fully saturated rings. The second-order valence-electron chi connectivity index (χ2n) is 8.31. The van der Waals surface area contributed by atoms with Gasteiger partial charge in [-0.05, 0) is 60.7 Å². The van der Waals surface area contributed by atoms with E-state index in [9.17, 15) is 9.90 Å². The molecule has 0 aliphatic rings. The van der Waals surface area contributed by atoms with Crippen molar-refractivity contribution in [3.8, 4) is 17.2 Å². The number of nitrogens with zero attached hydrogens (tertiary/aromatic N) is 1. The molecule has 6 nitrogen and oxygen atoms in total. The maximum absolute atomic E-state index is 11.4. The largest absolute Gasteiger partial charge is 0.491 e. The molecule has 3 aromatic rings. The molecule has 31 heavy (non-hydrogen) atoms. The van der Waals surface area contributed by atoms with Gasteiger partial charge in [0.1, 0.15) is 30.6 Å². The van der Waals surface area contributed by atoms with Gasteiger partial charge in [0.25, 0.3) is 0 Å². The Kier molecular flexibility index (Phi) is 6.81. The highest BCUT2D eigenvalue weighted by atomic mass is 16.5. The molecule has 0 radical (unpaired) electrons. The fraction of sp³-hybridized carbons (Fsp3) is 0.360. The predicted molar refractivity (Wildman–Crippen MR) is 120 cm³/mol. The number of aliphatic hydroxyl groups is 1. The van der Waals surface area contributed by atoms with E-state index in [2.05, 4.69) is 44.5 Å². The van der Waals surface area contributed by atoms with Gasteiger partial charge >= 0.3 is 5.97 Å². The first-order valence-corrected chi connectivity index (χ1v) is 10.3. The van der Waals surface area contributed by atoms with Crippen LogP contribution >= 0.6 is 0 Å². The average Bonchev–Trinajstić information content (AvgIpc) is 3.19. The van der Waals surface area contributed by atoms with Gasteiger partial charge in [0.2, 0.25) is 5.89 Å². The molecule has 0 bridgehead atoms. The van der Waals surface area contributed by atoms with Gasteiger partial charge in [-0.15, -0.1) is 0 Å². The number of ether oxygens (including phenoxy) is 2. The van der Waals surface area contributed by atoms with E-state index in [4.69, 9.17) is 13.9 Å².